The minimum Gasteiger partial charge on any atom is -0.393 e. The van der Waals surface area contributed by atoms with Crippen LogP contribution in [0.15, 0.2) is 12.2 Å². The average molecular weight is 213 g/mol. The summed E-state index contributed by atoms with van der Waals surface area (Å²) in [6.07, 6.45) is 1.52. The average Bonchev–Trinajstić information content (AvgIpc) is 2.97. The number of carbonyl (C=O) groups excluding carboxylic acids is 1. The molecule has 0 saturated carbocycles. The molecule has 0 aromatic heterocycles. The molecular weight excluding hydrogens is 194 g/mol. The van der Waals surface area contributed by atoms with Crippen molar-refractivity contribution in [2.75, 3.05) is 13.2 Å². The minimum absolute atomic E-state index is 0.0310. The van der Waals surface area contributed by atoms with Crippen LogP contribution in [-0.2, 0) is 9.53 Å². The summed E-state index contributed by atoms with van der Waals surface area (Å²) in [4.78, 5) is 13.4. The summed E-state index contributed by atoms with van der Waals surface area (Å²) in [5.41, 5.74) is 0.512. The summed E-state index contributed by atoms with van der Waals surface area (Å²) < 4.78 is 5.21. The number of carbonyl (C=O) groups is 1. The van der Waals surface area contributed by atoms with Gasteiger partial charge in [0.15, 0.2) is 6.23 Å². The Morgan fingerprint density at radius 3 is 2.67 bits per heavy atom. The highest BCUT2D eigenvalue weighted by Crippen LogP contribution is 2.26. The van der Waals surface area contributed by atoms with E-state index < -0.39 is 0 Å². The van der Waals surface area contributed by atoms with Crippen molar-refractivity contribution in [1.82, 2.24) is 4.90 Å². The zero-order valence-corrected chi connectivity index (χ0v) is 9.40. The molecule has 1 rings (SSSR count). The van der Waals surface area contributed by atoms with Crippen molar-refractivity contribution < 1.29 is 14.6 Å². The van der Waals surface area contributed by atoms with Crippen LogP contribution in [0.5, 0.6) is 0 Å². The molecule has 0 spiro atoms. The van der Waals surface area contributed by atoms with E-state index in [-0.39, 0.29) is 24.8 Å². The summed E-state index contributed by atoms with van der Waals surface area (Å²) in [5.74, 6) is -0.0793. The lowest BCUT2D eigenvalue weighted by molar-refractivity contribution is -0.129. The number of aliphatic hydroxyl groups excluding tert-OH is 1. The topological polar surface area (TPSA) is 53.1 Å². The smallest absolute Gasteiger partial charge is 0.251 e. The number of epoxide rings is 1. The maximum atomic E-state index is 11.8. The number of amides is 1. The van der Waals surface area contributed by atoms with Gasteiger partial charge in [-0.05, 0) is 13.3 Å². The lowest BCUT2D eigenvalue weighted by Crippen LogP contribution is -2.36. The van der Waals surface area contributed by atoms with Crippen LogP contribution in [-0.4, -0.2) is 41.4 Å². The molecule has 4 heteroatoms. The molecule has 4 nitrogen and oxygen atoms in total. The molecule has 0 aromatic rings. The third kappa shape index (κ3) is 3.04. The van der Waals surface area contributed by atoms with Gasteiger partial charge in [-0.1, -0.05) is 19.9 Å². The van der Waals surface area contributed by atoms with Gasteiger partial charge in [0.25, 0.3) is 5.91 Å². The number of hydrogen-bond acceptors (Lipinski definition) is 3. The molecule has 0 bridgehead atoms. The molecular formula is C11H19NO3. The van der Waals surface area contributed by atoms with E-state index in [9.17, 15) is 4.79 Å². The van der Waals surface area contributed by atoms with Crippen LogP contribution in [0, 0.1) is 0 Å². The van der Waals surface area contributed by atoms with Gasteiger partial charge in [-0.15, -0.1) is 0 Å². The second kappa shape index (κ2) is 5.28. The van der Waals surface area contributed by atoms with Gasteiger partial charge in [0.05, 0.1) is 6.61 Å². The Morgan fingerprint density at radius 1 is 1.60 bits per heavy atom. The quantitative estimate of drug-likeness (QED) is 0.527. The molecule has 2 atom stereocenters. The van der Waals surface area contributed by atoms with Crippen LogP contribution in [0.2, 0.25) is 0 Å². The highest BCUT2D eigenvalue weighted by molar-refractivity contribution is 5.92. The first-order valence-electron chi connectivity index (χ1n) is 5.34. The van der Waals surface area contributed by atoms with Crippen molar-refractivity contribution >= 4 is 5.91 Å². The Morgan fingerprint density at radius 2 is 2.27 bits per heavy atom. The van der Waals surface area contributed by atoms with Crippen LogP contribution in [0.1, 0.15) is 26.7 Å². The standard InChI is InChI=1S/C11H19NO3/c1-4-5-6-12(10(14)8(2)3)11-9(7-13)15-11/h9,11,13H,2,4-7H2,1,3H3. The molecule has 0 aromatic carbocycles. The predicted octanol–water partition coefficient (Wildman–Crippen LogP) is 0.908. The van der Waals surface area contributed by atoms with Gasteiger partial charge in [-0.3, -0.25) is 4.79 Å². The maximum absolute atomic E-state index is 11.8. The van der Waals surface area contributed by atoms with Crippen molar-refractivity contribution in [2.24, 2.45) is 0 Å². The minimum atomic E-state index is -0.245. The Bertz CT molecular complexity index is 252. The molecule has 15 heavy (non-hydrogen) atoms. The monoisotopic (exact) mass is 213 g/mol. The molecule has 2 unspecified atom stereocenters. The SMILES string of the molecule is C=C(C)C(=O)N(CCCC)C1OC1CO. The van der Waals surface area contributed by atoms with E-state index in [1.54, 1.807) is 11.8 Å². The van der Waals surface area contributed by atoms with E-state index in [0.29, 0.717) is 12.1 Å². The summed E-state index contributed by atoms with van der Waals surface area (Å²) in [6, 6.07) is 0. The van der Waals surface area contributed by atoms with E-state index in [2.05, 4.69) is 13.5 Å². The van der Waals surface area contributed by atoms with Crippen molar-refractivity contribution in [3.05, 3.63) is 12.2 Å². The molecule has 1 saturated heterocycles. The van der Waals surface area contributed by atoms with Gasteiger partial charge >= 0.3 is 0 Å². The van der Waals surface area contributed by atoms with Gasteiger partial charge in [0.2, 0.25) is 0 Å². The zero-order valence-electron chi connectivity index (χ0n) is 9.40. The van der Waals surface area contributed by atoms with Crippen LogP contribution in [0.3, 0.4) is 0 Å². The number of rotatable bonds is 6. The van der Waals surface area contributed by atoms with Crippen LogP contribution < -0.4 is 0 Å². The fraction of sp³-hybridized carbons (Fsp3) is 0.727. The first-order valence-corrected chi connectivity index (χ1v) is 5.34. The first kappa shape index (κ1) is 12.2. The van der Waals surface area contributed by atoms with Gasteiger partial charge in [-0.25, -0.2) is 0 Å². The molecule has 1 aliphatic rings. The third-order valence-corrected chi connectivity index (χ3v) is 2.42. The van der Waals surface area contributed by atoms with Crippen molar-refractivity contribution in [1.29, 1.82) is 0 Å². The van der Waals surface area contributed by atoms with Crippen LogP contribution in [0.4, 0.5) is 0 Å². The Balaban J connectivity index is 2.54. The molecule has 1 fully saturated rings. The summed E-state index contributed by atoms with van der Waals surface area (Å²) in [5, 5.41) is 8.89. The van der Waals surface area contributed by atoms with E-state index in [0.717, 1.165) is 12.8 Å². The molecule has 1 heterocycles. The summed E-state index contributed by atoms with van der Waals surface area (Å²) >= 11 is 0. The number of hydrogen-bond donors (Lipinski definition) is 1. The molecule has 1 amide bonds. The van der Waals surface area contributed by atoms with Crippen molar-refractivity contribution in [3.63, 3.8) is 0 Å². The second-order valence-corrected chi connectivity index (χ2v) is 3.88. The molecule has 1 N–H and O–H groups in total. The number of nitrogens with zero attached hydrogens (tertiary/aromatic N) is 1. The largest absolute Gasteiger partial charge is 0.393 e. The molecule has 1 aliphatic heterocycles. The Labute approximate surface area is 90.5 Å². The van der Waals surface area contributed by atoms with E-state index >= 15 is 0 Å². The molecule has 0 radical (unpaired) electrons. The predicted molar refractivity (Wildman–Crippen MR) is 57.2 cm³/mol. The van der Waals surface area contributed by atoms with Gasteiger partial charge in [0.1, 0.15) is 6.10 Å². The highest BCUT2D eigenvalue weighted by Gasteiger charge is 2.44. The van der Waals surface area contributed by atoms with E-state index in [4.69, 9.17) is 9.84 Å². The van der Waals surface area contributed by atoms with Crippen molar-refractivity contribution in [3.8, 4) is 0 Å². The van der Waals surface area contributed by atoms with Gasteiger partial charge < -0.3 is 14.7 Å². The Hall–Kier alpha value is -0.870. The van der Waals surface area contributed by atoms with E-state index in [1.807, 2.05) is 0 Å². The first-order chi connectivity index (χ1) is 7.11. The van der Waals surface area contributed by atoms with E-state index in [1.165, 1.54) is 0 Å². The van der Waals surface area contributed by atoms with Crippen LogP contribution >= 0.6 is 0 Å². The maximum Gasteiger partial charge on any atom is 0.251 e. The Kier molecular flexibility index (Phi) is 4.29. The second-order valence-electron chi connectivity index (χ2n) is 3.88. The highest BCUT2D eigenvalue weighted by atomic mass is 16.6. The summed E-state index contributed by atoms with van der Waals surface area (Å²) in [7, 11) is 0. The fourth-order valence-electron chi connectivity index (χ4n) is 1.46. The van der Waals surface area contributed by atoms with Crippen LogP contribution in [0.25, 0.3) is 0 Å². The van der Waals surface area contributed by atoms with Crippen molar-refractivity contribution in [2.45, 2.75) is 39.0 Å². The number of aliphatic hydroxyl groups is 1. The lowest BCUT2D eigenvalue weighted by atomic mass is 10.2. The molecule has 0 aliphatic carbocycles. The number of ether oxygens (including phenoxy) is 1. The van der Waals surface area contributed by atoms with Gasteiger partial charge in [-0.2, -0.15) is 0 Å². The normalized spacial score (nSPS) is 23.7. The number of unbranched alkanes of at least 4 members (excludes halogenated alkanes) is 1. The lowest BCUT2D eigenvalue weighted by Gasteiger charge is -2.20. The summed E-state index contributed by atoms with van der Waals surface area (Å²) in [6.45, 7) is 8.04. The fourth-order valence-corrected chi connectivity index (χ4v) is 1.46. The third-order valence-electron chi connectivity index (χ3n) is 2.42. The molecule has 86 valence electrons. The van der Waals surface area contributed by atoms with Gasteiger partial charge in [0, 0.05) is 12.1 Å². The zero-order chi connectivity index (χ0) is 11.4.